The van der Waals surface area contributed by atoms with Crippen LogP contribution >= 0.6 is 11.8 Å². The van der Waals surface area contributed by atoms with Crippen LogP contribution in [0.1, 0.15) is 6.92 Å². The Bertz CT molecular complexity index is 574. The van der Waals surface area contributed by atoms with Gasteiger partial charge in [-0.3, -0.25) is 4.79 Å². The van der Waals surface area contributed by atoms with Crippen LogP contribution in [0, 0.1) is 0 Å². The number of aromatic amines is 1. The van der Waals surface area contributed by atoms with E-state index in [-0.39, 0.29) is 5.56 Å². The first kappa shape index (κ1) is 11.0. The van der Waals surface area contributed by atoms with Crippen molar-refractivity contribution in [2.24, 2.45) is 0 Å². The number of fused-ring (bicyclic) bond motifs is 1. The number of thioether (sulfide) groups is 1. The molecule has 0 unspecified atom stereocenters. The van der Waals surface area contributed by atoms with Crippen molar-refractivity contribution in [2.45, 2.75) is 12.1 Å². The van der Waals surface area contributed by atoms with Crippen LogP contribution < -0.4 is 5.56 Å². The number of aromatic nitrogens is 2. The third-order valence-corrected chi connectivity index (χ3v) is 2.97. The topological polar surface area (TPSA) is 45.8 Å². The zero-order chi connectivity index (χ0) is 11.4. The van der Waals surface area contributed by atoms with E-state index in [1.807, 2.05) is 37.3 Å². The molecule has 0 radical (unpaired) electrons. The highest BCUT2D eigenvalue weighted by molar-refractivity contribution is 7.99. The maximum atomic E-state index is 11.7. The highest BCUT2D eigenvalue weighted by Crippen LogP contribution is 2.14. The lowest BCUT2D eigenvalue weighted by Crippen LogP contribution is -2.08. The van der Waals surface area contributed by atoms with Gasteiger partial charge in [0.2, 0.25) is 0 Å². The van der Waals surface area contributed by atoms with Gasteiger partial charge in [-0.2, -0.15) is 0 Å². The molecule has 0 saturated carbocycles. The smallest absolute Gasteiger partial charge is 0.259 e. The van der Waals surface area contributed by atoms with Gasteiger partial charge in [0.25, 0.3) is 5.56 Å². The standard InChI is InChI=1S/C12H12N2OS/c1-2-3-8-16-12-13-10-7-5-4-6-9(10)11(15)14-12/h2-7H,8H2,1H3,(H,13,14,15). The van der Waals surface area contributed by atoms with E-state index in [0.29, 0.717) is 10.5 Å². The van der Waals surface area contributed by atoms with Gasteiger partial charge in [-0.25, -0.2) is 4.98 Å². The van der Waals surface area contributed by atoms with Crippen LogP contribution in [0.3, 0.4) is 0 Å². The minimum Gasteiger partial charge on any atom is -0.301 e. The molecule has 1 aromatic carbocycles. The summed E-state index contributed by atoms with van der Waals surface area (Å²) in [4.78, 5) is 18.9. The Labute approximate surface area is 97.6 Å². The van der Waals surface area contributed by atoms with Crippen molar-refractivity contribution >= 4 is 22.7 Å². The summed E-state index contributed by atoms with van der Waals surface area (Å²) >= 11 is 1.52. The Kier molecular flexibility index (Phi) is 3.41. The lowest BCUT2D eigenvalue weighted by Gasteiger charge is -2.00. The molecule has 16 heavy (non-hydrogen) atoms. The number of para-hydroxylation sites is 1. The molecule has 2 aromatic rings. The normalized spacial score (nSPS) is 11.3. The zero-order valence-corrected chi connectivity index (χ0v) is 9.75. The fourth-order valence-electron chi connectivity index (χ4n) is 1.36. The summed E-state index contributed by atoms with van der Waals surface area (Å²) in [5.41, 5.74) is 0.669. The molecule has 2 rings (SSSR count). The quantitative estimate of drug-likeness (QED) is 0.502. The first-order valence-corrected chi connectivity index (χ1v) is 6.03. The van der Waals surface area contributed by atoms with Crippen LogP contribution in [0.15, 0.2) is 46.4 Å². The monoisotopic (exact) mass is 232 g/mol. The fourth-order valence-corrected chi connectivity index (χ4v) is 2.13. The molecule has 3 nitrogen and oxygen atoms in total. The van der Waals surface area contributed by atoms with Crippen molar-refractivity contribution in [3.05, 3.63) is 46.8 Å². The molecule has 1 aromatic heterocycles. The minimum absolute atomic E-state index is 0.0754. The molecule has 0 aliphatic heterocycles. The van der Waals surface area contributed by atoms with Crippen LogP contribution in [0.25, 0.3) is 10.9 Å². The Morgan fingerprint density at radius 3 is 3.06 bits per heavy atom. The van der Waals surface area contributed by atoms with E-state index in [1.54, 1.807) is 6.07 Å². The summed E-state index contributed by atoms with van der Waals surface area (Å²) in [6.07, 6.45) is 4.01. The number of H-pyrrole nitrogens is 1. The summed E-state index contributed by atoms with van der Waals surface area (Å²) < 4.78 is 0. The van der Waals surface area contributed by atoms with E-state index >= 15 is 0 Å². The molecule has 1 heterocycles. The molecule has 0 aliphatic carbocycles. The van der Waals surface area contributed by atoms with Gasteiger partial charge in [0.1, 0.15) is 0 Å². The van der Waals surface area contributed by atoms with Gasteiger partial charge >= 0.3 is 0 Å². The molecule has 0 bridgehead atoms. The second-order valence-electron chi connectivity index (χ2n) is 3.27. The van der Waals surface area contributed by atoms with Crippen molar-refractivity contribution in [3.63, 3.8) is 0 Å². The van der Waals surface area contributed by atoms with Gasteiger partial charge in [0.15, 0.2) is 5.16 Å². The summed E-state index contributed by atoms with van der Waals surface area (Å²) in [5.74, 6) is 0.817. The van der Waals surface area contributed by atoms with E-state index < -0.39 is 0 Å². The average molecular weight is 232 g/mol. The van der Waals surface area contributed by atoms with Crippen molar-refractivity contribution in [1.82, 2.24) is 9.97 Å². The van der Waals surface area contributed by atoms with Crippen molar-refractivity contribution in [3.8, 4) is 0 Å². The Morgan fingerprint density at radius 2 is 2.25 bits per heavy atom. The largest absolute Gasteiger partial charge is 0.301 e. The molecular weight excluding hydrogens is 220 g/mol. The zero-order valence-electron chi connectivity index (χ0n) is 8.93. The SMILES string of the molecule is CC=CCSc1nc2ccccc2c(=O)[nH]1. The lowest BCUT2D eigenvalue weighted by atomic mass is 10.2. The molecule has 1 N–H and O–H groups in total. The average Bonchev–Trinajstić information content (AvgIpc) is 2.30. The Balaban J connectivity index is 2.38. The van der Waals surface area contributed by atoms with E-state index in [4.69, 9.17) is 0 Å². The van der Waals surface area contributed by atoms with Crippen molar-refractivity contribution in [1.29, 1.82) is 0 Å². The summed E-state index contributed by atoms with van der Waals surface area (Å²) in [5, 5.41) is 1.31. The highest BCUT2D eigenvalue weighted by atomic mass is 32.2. The summed E-state index contributed by atoms with van der Waals surface area (Å²) in [6, 6.07) is 7.35. The predicted octanol–water partition coefficient (Wildman–Crippen LogP) is 2.59. The van der Waals surface area contributed by atoms with Gasteiger partial charge in [-0.05, 0) is 19.1 Å². The maximum Gasteiger partial charge on any atom is 0.259 e. The number of rotatable bonds is 3. The van der Waals surface area contributed by atoms with Gasteiger partial charge in [0.05, 0.1) is 10.9 Å². The second kappa shape index (κ2) is 4.99. The number of nitrogens with one attached hydrogen (secondary N) is 1. The predicted molar refractivity (Wildman–Crippen MR) is 67.9 cm³/mol. The van der Waals surface area contributed by atoms with E-state index in [9.17, 15) is 4.79 Å². The van der Waals surface area contributed by atoms with Gasteiger partial charge in [0, 0.05) is 5.75 Å². The third-order valence-electron chi connectivity index (χ3n) is 2.14. The molecule has 0 spiro atoms. The number of hydrogen-bond donors (Lipinski definition) is 1. The van der Waals surface area contributed by atoms with Crippen molar-refractivity contribution < 1.29 is 0 Å². The molecule has 0 amide bonds. The molecular formula is C12H12N2OS. The van der Waals surface area contributed by atoms with Crippen LogP contribution in [0.5, 0.6) is 0 Å². The third kappa shape index (κ3) is 2.33. The number of benzene rings is 1. The summed E-state index contributed by atoms with van der Waals surface area (Å²) in [7, 11) is 0. The molecule has 0 atom stereocenters. The summed E-state index contributed by atoms with van der Waals surface area (Å²) in [6.45, 7) is 1.97. The first-order chi connectivity index (χ1) is 7.81. The molecule has 0 aliphatic rings. The fraction of sp³-hybridized carbons (Fsp3) is 0.167. The molecule has 0 saturated heterocycles. The van der Waals surface area contributed by atoms with Gasteiger partial charge in [-0.15, -0.1) is 0 Å². The highest BCUT2D eigenvalue weighted by Gasteiger charge is 2.02. The first-order valence-electron chi connectivity index (χ1n) is 5.04. The molecule has 0 fully saturated rings. The number of nitrogens with zero attached hydrogens (tertiary/aromatic N) is 1. The van der Waals surface area contributed by atoms with Crippen molar-refractivity contribution in [2.75, 3.05) is 5.75 Å². The molecule has 4 heteroatoms. The van der Waals surface area contributed by atoms with E-state index in [2.05, 4.69) is 9.97 Å². The van der Waals surface area contributed by atoms with Gasteiger partial charge in [-0.1, -0.05) is 36.0 Å². The van der Waals surface area contributed by atoms with Crippen LogP contribution in [-0.2, 0) is 0 Å². The Hall–Kier alpha value is -1.55. The van der Waals surface area contributed by atoms with Crippen LogP contribution in [0.4, 0.5) is 0 Å². The number of hydrogen-bond acceptors (Lipinski definition) is 3. The van der Waals surface area contributed by atoms with E-state index in [1.165, 1.54) is 11.8 Å². The van der Waals surface area contributed by atoms with Gasteiger partial charge < -0.3 is 4.98 Å². The van der Waals surface area contributed by atoms with Crippen LogP contribution in [0.2, 0.25) is 0 Å². The minimum atomic E-state index is -0.0754. The van der Waals surface area contributed by atoms with E-state index in [0.717, 1.165) is 11.3 Å². The lowest BCUT2D eigenvalue weighted by molar-refractivity contribution is 0.976. The maximum absolute atomic E-state index is 11.7. The number of allylic oxidation sites excluding steroid dienone is 1. The molecule has 82 valence electrons. The Morgan fingerprint density at radius 1 is 1.44 bits per heavy atom. The van der Waals surface area contributed by atoms with Crippen LogP contribution in [-0.4, -0.2) is 15.7 Å². The second-order valence-corrected chi connectivity index (χ2v) is 4.28.